The monoisotopic (exact) mass is 257 g/mol. The molecule has 6 heteroatoms. The Morgan fingerprint density at radius 1 is 1.29 bits per heavy atom. The van der Waals surface area contributed by atoms with Gasteiger partial charge in [0.15, 0.2) is 0 Å². The van der Waals surface area contributed by atoms with Crippen LogP contribution in [0.2, 0.25) is 5.02 Å². The first-order chi connectivity index (χ1) is 8.01. The fourth-order valence-corrected chi connectivity index (χ4v) is 1.52. The minimum Gasteiger partial charge on any atom is -0.468 e. The highest BCUT2D eigenvalue weighted by atomic mass is 35.5. The summed E-state index contributed by atoms with van der Waals surface area (Å²) in [6.45, 7) is 0. The first kappa shape index (κ1) is 13.5. The molecular formula is C11H12ClNO4. The van der Waals surface area contributed by atoms with Crippen molar-refractivity contribution < 1.29 is 19.1 Å². The molecule has 0 aliphatic carbocycles. The second-order valence-corrected chi connectivity index (χ2v) is 3.64. The molecular weight excluding hydrogens is 246 g/mol. The number of benzene rings is 1. The van der Waals surface area contributed by atoms with Gasteiger partial charge in [0.05, 0.1) is 19.8 Å². The number of rotatable bonds is 3. The van der Waals surface area contributed by atoms with Crippen molar-refractivity contribution in [2.75, 3.05) is 14.2 Å². The highest BCUT2D eigenvalue weighted by Gasteiger charge is 2.20. The van der Waals surface area contributed by atoms with Crippen LogP contribution in [0.1, 0.15) is 22.0 Å². The highest BCUT2D eigenvalue weighted by Crippen LogP contribution is 2.24. The van der Waals surface area contributed by atoms with E-state index >= 15 is 0 Å². The van der Waals surface area contributed by atoms with E-state index in [1.54, 1.807) is 0 Å². The topological polar surface area (TPSA) is 78.6 Å². The SMILES string of the molecule is COC(=O)c1ccc(Cl)c(C(N)C(=O)OC)c1. The van der Waals surface area contributed by atoms with Crippen molar-refractivity contribution in [2.24, 2.45) is 5.73 Å². The van der Waals surface area contributed by atoms with Crippen molar-refractivity contribution >= 4 is 23.5 Å². The molecule has 0 saturated carbocycles. The Morgan fingerprint density at radius 2 is 1.94 bits per heavy atom. The maximum atomic E-state index is 11.3. The van der Waals surface area contributed by atoms with E-state index in [1.165, 1.54) is 32.4 Å². The molecule has 0 aliphatic rings. The van der Waals surface area contributed by atoms with Gasteiger partial charge in [0.25, 0.3) is 0 Å². The predicted molar refractivity (Wildman–Crippen MR) is 61.7 cm³/mol. The zero-order valence-electron chi connectivity index (χ0n) is 9.40. The van der Waals surface area contributed by atoms with Crippen molar-refractivity contribution in [3.63, 3.8) is 0 Å². The summed E-state index contributed by atoms with van der Waals surface area (Å²) >= 11 is 5.90. The average molecular weight is 258 g/mol. The lowest BCUT2D eigenvalue weighted by Gasteiger charge is -2.12. The Morgan fingerprint density at radius 3 is 2.47 bits per heavy atom. The molecule has 17 heavy (non-hydrogen) atoms. The van der Waals surface area contributed by atoms with Crippen LogP contribution in [0.3, 0.4) is 0 Å². The maximum Gasteiger partial charge on any atom is 0.337 e. The van der Waals surface area contributed by atoms with Crippen molar-refractivity contribution in [1.82, 2.24) is 0 Å². The Kier molecular flexibility index (Phi) is 4.48. The van der Waals surface area contributed by atoms with Gasteiger partial charge in [-0.1, -0.05) is 11.6 Å². The molecule has 0 saturated heterocycles. The lowest BCUT2D eigenvalue weighted by molar-refractivity contribution is -0.142. The number of ether oxygens (including phenoxy) is 2. The van der Waals surface area contributed by atoms with Crippen LogP contribution in [-0.4, -0.2) is 26.2 Å². The lowest BCUT2D eigenvalue weighted by atomic mass is 10.0. The fourth-order valence-electron chi connectivity index (χ4n) is 1.28. The van der Waals surface area contributed by atoms with Crippen LogP contribution < -0.4 is 5.73 Å². The Balaban J connectivity index is 3.14. The maximum absolute atomic E-state index is 11.3. The number of hydrogen-bond donors (Lipinski definition) is 1. The fraction of sp³-hybridized carbons (Fsp3) is 0.273. The van der Waals surface area contributed by atoms with Gasteiger partial charge in [-0.05, 0) is 23.8 Å². The zero-order valence-corrected chi connectivity index (χ0v) is 10.2. The summed E-state index contributed by atoms with van der Waals surface area (Å²) in [6, 6.07) is 3.35. The highest BCUT2D eigenvalue weighted by molar-refractivity contribution is 6.31. The number of esters is 2. The molecule has 92 valence electrons. The van der Waals surface area contributed by atoms with Gasteiger partial charge in [-0.2, -0.15) is 0 Å². The van der Waals surface area contributed by atoms with Crippen LogP contribution in [0.15, 0.2) is 18.2 Å². The average Bonchev–Trinajstić information content (AvgIpc) is 2.36. The minimum absolute atomic E-state index is 0.270. The molecule has 0 spiro atoms. The predicted octanol–water partition coefficient (Wildman–Crippen LogP) is 1.30. The molecule has 0 aliphatic heterocycles. The normalized spacial score (nSPS) is 11.8. The van der Waals surface area contributed by atoms with E-state index in [0.29, 0.717) is 5.56 Å². The quantitative estimate of drug-likeness (QED) is 0.826. The van der Waals surface area contributed by atoms with Crippen LogP contribution in [0.4, 0.5) is 0 Å². The van der Waals surface area contributed by atoms with E-state index in [9.17, 15) is 9.59 Å². The molecule has 1 aromatic carbocycles. The number of carbonyl (C=O) groups excluding carboxylic acids is 2. The van der Waals surface area contributed by atoms with E-state index in [0.717, 1.165) is 0 Å². The van der Waals surface area contributed by atoms with Crippen LogP contribution in [0.25, 0.3) is 0 Å². The third-order valence-electron chi connectivity index (χ3n) is 2.21. The summed E-state index contributed by atoms with van der Waals surface area (Å²) in [7, 11) is 2.48. The third-order valence-corrected chi connectivity index (χ3v) is 2.55. The van der Waals surface area contributed by atoms with Crippen molar-refractivity contribution in [2.45, 2.75) is 6.04 Å². The molecule has 0 bridgehead atoms. The molecule has 1 aromatic rings. The number of hydrogen-bond acceptors (Lipinski definition) is 5. The standard InChI is InChI=1S/C11H12ClNO4/c1-16-10(14)6-3-4-8(12)7(5-6)9(13)11(15)17-2/h3-5,9H,13H2,1-2H3. The largest absolute Gasteiger partial charge is 0.468 e. The van der Waals surface area contributed by atoms with Crippen LogP contribution >= 0.6 is 11.6 Å². The number of carbonyl (C=O) groups is 2. The summed E-state index contributed by atoms with van der Waals surface area (Å²) in [5, 5.41) is 0.288. The molecule has 0 fully saturated rings. The molecule has 0 aromatic heterocycles. The van der Waals surface area contributed by atoms with E-state index in [-0.39, 0.29) is 10.6 Å². The molecule has 0 radical (unpaired) electrons. The van der Waals surface area contributed by atoms with Crippen molar-refractivity contribution in [1.29, 1.82) is 0 Å². The zero-order chi connectivity index (χ0) is 13.0. The second kappa shape index (κ2) is 5.65. The summed E-state index contributed by atoms with van der Waals surface area (Å²) in [6.07, 6.45) is 0. The van der Waals surface area contributed by atoms with E-state index < -0.39 is 18.0 Å². The summed E-state index contributed by atoms with van der Waals surface area (Å²) in [4.78, 5) is 22.6. The van der Waals surface area contributed by atoms with Crippen molar-refractivity contribution in [3.8, 4) is 0 Å². The minimum atomic E-state index is -1.03. The van der Waals surface area contributed by atoms with Gasteiger partial charge in [0.2, 0.25) is 0 Å². The van der Waals surface area contributed by atoms with Gasteiger partial charge >= 0.3 is 11.9 Å². The van der Waals surface area contributed by atoms with Gasteiger partial charge in [-0.3, -0.25) is 4.79 Å². The molecule has 1 atom stereocenters. The molecule has 0 amide bonds. The van der Waals surface area contributed by atoms with Gasteiger partial charge < -0.3 is 15.2 Å². The number of nitrogens with two attached hydrogens (primary N) is 1. The van der Waals surface area contributed by atoms with Crippen LogP contribution in [-0.2, 0) is 14.3 Å². The molecule has 5 nitrogen and oxygen atoms in total. The first-order valence-corrected chi connectivity index (χ1v) is 5.10. The lowest BCUT2D eigenvalue weighted by Crippen LogP contribution is -2.23. The van der Waals surface area contributed by atoms with Gasteiger partial charge in [0, 0.05) is 5.02 Å². The molecule has 0 heterocycles. The van der Waals surface area contributed by atoms with Gasteiger partial charge in [0.1, 0.15) is 6.04 Å². The van der Waals surface area contributed by atoms with E-state index in [1.807, 2.05) is 0 Å². The Hall–Kier alpha value is -1.59. The van der Waals surface area contributed by atoms with Crippen molar-refractivity contribution in [3.05, 3.63) is 34.3 Å². The smallest absolute Gasteiger partial charge is 0.337 e. The second-order valence-electron chi connectivity index (χ2n) is 3.23. The number of halogens is 1. The summed E-state index contributed by atoms with van der Waals surface area (Å²) in [5.74, 6) is -1.16. The van der Waals surface area contributed by atoms with Crippen LogP contribution in [0, 0.1) is 0 Å². The van der Waals surface area contributed by atoms with E-state index in [4.69, 9.17) is 17.3 Å². The third kappa shape index (κ3) is 2.95. The molecule has 1 rings (SSSR count). The molecule has 1 unspecified atom stereocenters. The van der Waals surface area contributed by atoms with Gasteiger partial charge in [-0.15, -0.1) is 0 Å². The molecule has 2 N–H and O–H groups in total. The Labute approximate surface area is 103 Å². The van der Waals surface area contributed by atoms with Crippen LogP contribution in [0.5, 0.6) is 0 Å². The summed E-state index contributed by atoms with van der Waals surface area (Å²) in [5.41, 5.74) is 6.24. The van der Waals surface area contributed by atoms with E-state index in [2.05, 4.69) is 9.47 Å². The van der Waals surface area contributed by atoms with Gasteiger partial charge in [-0.25, -0.2) is 4.79 Å². The summed E-state index contributed by atoms with van der Waals surface area (Å²) < 4.78 is 9.07. The first-order valence-electron chi connectivity index (χ1n) is 4.72. The Bertz CT molecular complexity index is 447. The number of methoxy groups -OCH3 is 2.